The van der Waals surface area contributed by atoms with E-state index < -0.39 is 11.9 Å². The predicted molar refractivity (Wildman–Crippen MR) is 75.8 cm³/mol. The Morgan fingerprint density at radius 2 is 2.24 bits per heavy atom. The summed E-state index contributed by atoms with van der Waals surface area (Å²) in [5.74, 6) is -0.761. The Morgan fingerprint density at radius 1 is 1.48 bits per heavy atom. The molecular formula is C14H11ClFN3O2. The first-order valence-electron chi connectivity index (χ1n) is 5.90. The van der Waals surface area contributed by atoms with Crippen molar-refractivity contribution in [2.45, 2.75) is 6.04 Å². The van der Waals surface area contributed by atoms with Crippen LogP contribution in [0.3, 0.4) is 0 Å². The Hall–Kier alpha value is -2.52. The van der Waals surface area contributed by atoms with Crippen LogP contribution in [0, 0.1) is 17.1 Å². The number of rotatable bonds is 4. The van der Waals surface area contributed by atoms with E-state index in [1.807, 2.05) is 6.07 Å². The molecule has 5 nitrogen and oxygen atoms in total. The molecule has 1 aromatic heterocycles. The average molecular weight is 308 g/mol. The van der Waals surface area contributed by atoms with Gasteiger partial charge >= 0.3 is 0 Å². The summed E-state index contributed by atoms with van der Waals surface area (Å²) in [5.41, 5.74) is 0.743. The first-order chi connectivity index (χ1) is 10.1. The molecule has 2 rings (SSSR count). The van der Waals surface area contributed by atoms with Crippen molar-refractivity contribution in [3.8, 4) is 17.7 Å². The summed E-state index contributed by atoms with van der Waals surface area (Å²) in [6, 6.07) is 6.61. The fourth-order valence-corrected chi connectivity index (χ4v) is 1.94. The molecule has 2 aromatic rings. The van der Waals surface area contributed by atoms with E-state index in [9.17, 15) is 14.8 Å². The van der Waals surface area contributed by atoms with Gasteiger partial charge in [-0.2, -0.15) is 5.26 Å². The van der Waals surface area contributed by atoms with Crippen LogP contribution in [0.4, 0.5) is 10.1 Å². The second-order valence-electron chi connectivity index (χ2n) is 4.09. The van der Waals surface area contributed by atoms with E-state index in [0.717, 1.165) is 0 Å². The fourth-order valence-electron chi connectivity index (χ4n) is 1.76. The van der Waals surface area contributed by atoms with Gasteiger partial charge in [0.05, 0.1) is 18.2 Å². The molecule has 2 N–H and O–H groups in total. The largest absolute Gasteiger partial charge is 0.503 e. The number of halogens is 2. The molecule has 0 radical (unpaired) electrons. The summed E-state index contributed by atoms with van der Waals surface area (Å²) in [5, 5.41) is 22.1. The van der Waals surface area contributed by atoms with E-state index in [1.165, 1.54) is 37.6 Å². The third-order valence-electron chi connectivity index (χ3n) is 2.79. The number of hydrogen-bond donors (Lipinski definition) is 2. The van der Waals surface area contributed by atoms with Crippen molar-refractivity contribution in [2.24, 2.45) is 0 Å². The van der Waals surface area contributed by atoms with Gasteiger partial charge in [-0.05, 0) is 24.3 Å². The Bertz CT molecular complexity index is 703. The first kappa shape index (κ1) is 14.9. The van der Waals surface area contributed by atoms with Crippen LogP contribution < -0.4 is 10.1 Å². The Labute approximate surface area is 125 Å². The minimum absolute atomic E-state index is 0.0201. The number of aromatic hydroxyl groups is 1. The van der Waals surface area contributed by atoms with Gasteiger partial charge in [-0.1, -0.05) is 11.6 Å². The summed E-state index contributed by atoms with van der Waals surface area (Å²) in [6.45, 7) is 0. The summed E-state index contributed by atoms with van der Waals surface area (Å²) in [7, 11) is 1.36. The number of nitrogens with zero attached hydrogens (tertiary/aromatic N) is 2. The zero-order valence-corrected chi connectivity index (χ0v) is 11.7. The number of aromatic nitrogens is 1. The number of nitrogens with one attached hydrogen (secondary N) is 1. The van der Waals surface area contributed by atoms with E-state index in [4.69, 9.17) is 16.3 Å². The molecule has 7 heteroatoms. The van der Waals surface area contributed by atoms with Gasteiger partial charge in [0.25, 0.3) is 5.88 Å². The van der Waals surface area contributed by atoms with Crippen LogP contribution in [0.1, 0.15) is 11.6 Å². The molecule has 0 fully saturated rings. The number of methoxy groups -OCH3 is 1. The van der Waals surface area contributed by atoms with Crippen molar-refractivity contribution in [2.75, 3.05) is 12.4 Å². The van der Waals surface area contributed by atoms with Crippen LogP contribution >= 0.6 is 11.6 Å². The van der Waals surface area contributed by atoms with Gasteiger partial charge in [-0.15, -0.1) is 0 Å². The van der Waals surface area contributed by atoms with Gasteiger partial charge in [0.15, 0.2) is 5.75 Å². The number of nitriles is 1. The quantitative estimate of drug-likeness (QED) is 0.906. The molecule has 108 valence electrons. The topological polar surface area (TPSA) is 78.2 Å². The van der Waals surface area contributed by atoms with Crippen molar-refractivity contribution in [3.05, 3.63) is 46.9 Å². The van der Waals surface area contributed by atoms with E-state index in [2.05, 4.69) is 10.3 Å². The highest BCUT2D eigenvalue weighted by Gasteiger charge is 2.18. The maximum atomic E-state index is 13.1. The molecule has 0 aliphatic carbocycles. The maximum absolute atomic E-state index is 13.1. The van der Waals surface area contributed by atoms with Crippen LogP contribution in [0.5, 0.6) is 11.6 Å². The molecule has 1 atom stereocenters. The minimum Gasteiger partial charge on any atom is -0.503 e. The molecule has 0 bridgehead atoms. The van der Waals surface area contributed by atoms with Crippen LogP contribution in [-0.2, 0) is 0 Å². The summed E-state index contributed by atoms with van der Waals surface area (Å²) in [4.78, 5) is 3.83. The van der Waals surface area contributed by atoms with Gasteiger partial charge in [-0.25, -0.2) is 9.37 Å². The molecule has 0 spiro atoms. The van der Waals surface area contributed by atoms with E-state index in [-0.39, 0.29) is 16.7 Å². The molecule has 0 amide bonds. The molecule has 1 heterocycles. The van der Waals surface area contributed by atoms with Crippen molar-refractivity contribution in [3.63, 3.8) is 0 Å². The average Bonchev–Trinajstić information content (AvgIpc) is 2.49. The lowest BCUT2D eigenvalue weighted by Gasteiger charge is -2.15. The van der Waals surface area contributed by atoms with E-state index in [1.54, 1.807) is 0 Å². The molecule has 0 aliphatic heterocycles. The van der Waals surface area contributed by atoms with Crippen molar-refractivity contribution in [1.82, 2.24) is 4.98 Å². The minimum atomic E-state index is -0.872. The van der Waals surface area contributed by atoms with Crippen molar-refractivity contribution < 1.29 is 14.2 Å². The van der Waals surface area contributed by atoms with Crippen LogP contribution in [0.25, 0.3) is 0 Å². The summed E-state index contributed by atoms with van der Waals surface area (Å²) in [6.07, 6.45) is 1.41. The van der Waals surface area contributed by atoms with Gasteiger partial charge in [0.1, 0.15) is 11.9 Å². The third-order valence-corrected chi connectivity index (χ3v) is 3.08. The lowest BCUT2D eigenvalue weighted by Crippen LogP contribution is -2.09. The number of anilines is 1. The predicted octanol–water partition coefficient (Wildman–Crippen LogP) is 3.27. The highest BCUT2D eigenvalue weighted by atomic mass is 35.5. The Morgan fingerprint density at radius 3 is 2.86 bits per heavy atom. The monoisotopic (exact) mass is 307 g/mol. The van der Waals surface area contributed by atoms with Crippen LogP contribution in [0.2, 0.25) is 5.02 Å². The standard InChI is InChI=1S/C14H11ClFN3O2/c1-21-14-13(20)9(4-5-18-14)12(7-17)19-8-2-3-11(16)10(15)6-8/h2-6,12,19-20H,1H3. The second-order valence-corrected chi connectivity index (χ2v) is 4.50. The van der Waals surface area contributed by atoms with Gasteiger partial charge < -0.3 is 15.2 Å². The Balaban J connectivity index is 2.32. The van der Waals surface area contributed by atoms with Crippen molar-refractivity contribution >= 4 is 17.3 Å². The SMILES string of the molecule is COc1nccc(C(C#N)Nc2ccc(F)c(Cl)c2)c1O. The lowest BCUT2D eigenvalue weighted by molar-refractivity contribution is 0.355. The molecule has 1 unspecified atom stereocenters. The number of ether oxygens (including phenoxy) is 1. The maximum Gasteiger partial charge on any atom is 0.256 e. The molecule has 21 heavy (non-hydrogen) atoms. The van der Waals surface area contributed by atoms with Crippen LogP contribution in [-0.4, -0.2) is 17.2 Å². The molecule has 1 aromatic carbocycles. The van der Waals surface area contributed by atoms with Gasteiger partial charge in [0.2, 0.25) is 0 Å². The zero-order chi connectivity index (χ0) is 15.4. The molecular weight excluding hydrogens is 297 g/mol. The third kappa shape index (κ3) is 3.15. The Kier molecular flexibility index (Phi) is 4.45. The lowest BCUT2D eigenvalue weighted by atomic mass is 10.1. The number of pyridine rings is 1. The van der Waals surface area contributed by atoms with E-state index >= 15 is 0 Å². The number of hydrogen-bond acceptors (Lipinski definition) is 5. The van der Waals surface area contributed by atoms with Crippen molar-refractivity contribution in [1.29, 1.82) is 5.26 Å². The second kappa shape index (κ2) is 6.29. The molecule has 0 saturated heterocycles. The smallest absolute Gasteiger partial charge is 0.256 e. The normalized spacial score (nSPS) is 11.5. The zero-order valence-electron chi connectivity index (χ0n) is 11.0. The fraction of sp³-hybridized carbons (Fsp3) is 0.143. The number of benzene rings is 1. The summed E-state index contributed by atoms with van der Waals surface area (Å²) < 4.78 is 18.0. The van der Waals surface area contributed by atoms with Gasteiger partial charge in [-0.3, -0.25) is 0 Å². The van der Waals surface area contributed by atoms with Crippen LogP contribution in [0.15, 0.2) is 30.5 Å². The molecule has 0 saturated carbocycles. The summed E-state index contributed by atoms with van der Waals surface area (Å²) >= 11 is 5.69. The van der Waals surface area contributed by atoms with Gasteiger partial charge in [0, 0.05) is 17.4 Å². The highest BCUT2D eigenvalue weighted by molar-refractivity contribution is 6.31. The molecule has 0 aliphatic rings. The first-order valence-corrected chi connectivity index (χ1v) is 6.27. The van der Waals surface area contributed by atoms with E-state index in [0.29, 0.717) is 11.3 Å². The highest BCUT2D eigenvalue weighted by Crippen LogP contribution is 2.33.